The van der Waals surface area contributed by atoms with Gasteiger partial charge in [0.05, 0.1) is 0 Å². The van der Waals surface area contributed by atoms with E-state index in [-0.39, 0.29) is 18.3 Å². The molecular weight excluding hydrogens is 178 g/mol. The Morgan fingerprint density at radius 1 is 1.57 bits per heavy atom. The van der Waals surface area contributed by atoms with Gasteiger partial charge in [-0.05, 0) is 25.3 Å². The highest BCUT2D eigenvalue weighted by atomic mass is 16.3. The van der Waals surface area contributed by atoms with Crippen molar-refractivity contribution in [1.82, 2.24) is 4.57 Å². The van der Waals surface area contributed by atoms with E-state index in [0.717, 1.165) is 23.4 Å². The van der Waals surface area contributed by atoms with Crippen molar-refractivity contribution in [3.05, 3.63) is 23.0 Å². The van der Waals surface area contributed by atoms with Crippen LogP contribution in [0.15, 0.2) is 6.07 Å². The number of ketones is 1. The van der Waals surface area contributed by atoms with Gasteiger partial charge in [0, 0.05) is 37.0 Å². The SMILES string of the molecule is Cc1cc2c(n1C)CC(CO)CC2=O. The van der Waals surface area contributed by atoms with E-state index in [0.29, 0.717) is 6.42 Å². The highest BCUT2D eigenvalue weighted by Gasteiger charge is 2.27. The smallest absolute Gasteiger partial charge is 0.165 e. The maximum absolute atomic E-state index is 11.7. The van der Waals surface area contributed by atoms with Gasteiger partial charge < -0.3 is 9.67 Å². The average Bonchev–Trinajstić information content (AvgIpc) is 2.45. The lowest BCUT2D eigenvalue weighted by molar-refractivity contribution is 0.0917. The fraction of sp³-hybridized carbons (Fsp3) is 0.545. The summed E-state index contributed by atoms with van der Waals surface area (Å²) in [5.74, 6) is 0.289. The average molecular weight is 193 g/mol. The summed E-state index contributed by atoms with van der Waals surface area (Å²) in [5.41, 5.74) is 3.05. The summed E-state index contributed by atoms with van der Waals surface area (Å²) in [7, 11) is 1.97. The van der Waals surface area contributed by atoms with Crippen LogP contribution < -0.4 is 0 Å². The number of carbonyl (C=O) groups excluding carboxylic acids is 1. The van der Waals surface area contributed by atoms with Crippen molar-refractivity contribution in [3.63, 3.8) is 0 Å². The molecular formula is C11H15NO2. The standard InChI is InChI=1S/C11H15NO2/c1-7-3-9-10(12(7)2)4-8(6-13)5-11(9)14/h3,8,13H,4-6H2,1-2H3. The molecule has 1 aliphatic rings. The van der Waals surface area contributed by atoms with Crippen molar-refractivity contribution in [3.8, 4) is 0 Å². The summed E-state index contributed by atoms with van der Waals surface area (Å²) in [5, 5.41) is 9.07. The van der Waals surface area contributed by atoms with E-state index in [9.17, 15) is 4.79 Å². The summed E-state index contributed by atoms with van der Waals surface area (Å²) in [6, 6.07) is 1.95. The summed E-state index contributed by atoms with van der Waals surface area (Å²) in [6.07, 6.45) is 1.31. The third-order valence-electron chi connectivity index (χ3n) is 3.11. The molecule has 3 nitrogen and oxygen atoms in total. The van der Waals surface area contributed by atoms with Crippen LogP contribution in [0, 0.1) is 12.8 Å². The number of aliphatic hydroxyl groups excluding tert-OH is 1. The van der Waals surface area contributed by atoms with Crippen LogP contribution >= 0.6 is 0 Å². The molecule has 0 aromatic carbocycles. The van der Waals surface area contributed by atoms with Crippen LogP contribution in [0.2, 0.25) is 0 Å². The third kappa shape index (κ3) is 1.28. The first-order valence-corrected chi connectivity index (χ1v) is 4.92. The molecule has 0 amide bonds. The number of fused-ring (bicyclic) bond motifs is 1. The van der Waals surface area contributed by atoms with Crippen LogP contribution in [0.25, 0.3) is 0 Å². The van der Waals surface area contributed by atoms with Gasteiger partial charge in [-0.25, -0.2) is 0 Å². The second-order valence-electron chi connectivity index (χ2n) is 4.09. The molecule has 0 saturated heterocycles. The van der Waals surface area contributed by atoms with Crippen molar-refractivity contribution in [2.75, 3.05) is 6.61 Å². The van der Waals surface area contributed by atoms with Crippen molar-refractivity contribution in [2.24, 2.45) is 13.0 Å². The first-order valence-electron chi connectivity index (χ1n) is 4.92. The van der Waals surface area contributed by atoms with Crippen molar-refractivity contribution < 1.29 is 9.90 Å². The highest BCUT2D eigenvalue weighted by Crippen LogP contribution is 2.27. The van der Waals surface area contributed by atoms with E-state index in [1.165, 1.54) is 0 Å². The Balaban J connectivity index is 2.45. The molecule has 0 fully saturated rings. The van der Waals surface area contributed by atoms with Gasteiger partial charge >= 0.3 is 0 Å². The number of rotatable bonds is 1. The molecule has 3 heteroatoms. The fourth-order valence-electron chi connectivity index (χ4n) is 2.12. The molecule has 0 spiro atoms. The Kier molecular flexibility index (Phi) is 2.19. The van der Waals surface area contributed by atoms with Gasteiger partial charge in [0.25, 0.3) is 0 Å². The lowest BCUT2D eigenvalue weighted by Crippen LogP contribution is -2.23. The molecule has 1 N–H and O–H groups in total. The molecule has 1 aromatic heterocycles. The van der Waals surface area contributed by atoms with Crippen LogP contribution in [-0.2, 0) is 13.5 Å². The second kappa shape index (κ2) is 3.24. The molecule has 1 unspecified atom stereocenters. The predicted molar refractivity (Wildman–Crippen MR) is 53.4 cm³/mol. The van der Waals surface area contributed by atoms with E-state index < -0.39 is 0 Å². The van der Waals surface area contributed by atoms with E-state index in [2.05, 4.69) is 4.57 Å². The predicted octanol–water partition coefficient (Wildman–Crippen LogP) is 1.07. The zero-order valence-electron chi connectivity index (χ0n) is 8.58. The number of aliphatic hydroxyl groups is 1. The largest absolute Gasteiger partial charge is 0.396 e. The zero-order valence-corrected chi connectivity index (χ0v) is 8.58. The second-order valence-corrected chi connectivity index (χ2v) is 4.09. The van der Waals surface area contributed by atoms with E-state index in [1.54, 1.807) is 0 Å². The summed E-state index contributed by atoms with van der Waals surface area (Å²) in [4.78, 5) is 11.7. The minimum Gasteiger partial charge on any atom is -0.396 e. The lowest BCUT2D eigenvalue weighted by Gasteiger charge is -2.20. The lowest BCUT2D eigenvalue weighted by atomic mass is 9.87. The zero-order chi connectivity index (χ0) is 10.3. The molecule has 0 saturated carbocycles. The Bertz CT molecular complexity index is 379. The van der Waals surface area contributed by atoms with Gasteiger partial charge in [-0.15, -0.1) is 0 Å². The maximum Gasteiger partial charge on any atom is 0.165 e. The first-order chi connectivity index (χ1) is 6.63. The Morgan fingerprint density at radius 2 is 2.29 bits per heavy atom. The van der Waals surface area contributed by atoms with Crippen molar-refractivity contribution in [1.29, 1.82) is 0 Å². The van der Waals surface area contributed by atoms with Crippen LogP contribution in [0.3, 0.4) is 0 Å². The summed E-state index contributed by atoms with van der Waals surface area (Å²) < 4.78 is 2.05. The number of hydrogen-bond acceptors (Lipinski definition) is 2. The molecule has 1 atom stereocenters. The Hall–Kier alpha value is -1.09. The first kappa shape index (κ1) is 9.46. The topological polar surface area (TPSA) is 42.2 Å². The molecule has 0 bridgehead atoms. The van der Waals surface area contributed by atoms with Crippen LogP contribution in [0.4, 0.5) is 0 Å². The number of carbonyl (C=O) groups is 1. The number of aryl methyl sites for hydroxylation is 1. The number of hydrogen-bond donors (Lipinski definition) is 1. The summed E-state index contributed by atoms with van der Waals surface area (Å²) >= 11 is 0. The molecule has 1 heterocycles. The maximum atomic E-state index is 11.7. The van der Waals surface area contributed by atoms with E-state index in [4.69, 9.17) is 5.11 Å². The van der Waals surface area contributed by atoms with Crippen molar-refractivity contribution >= 4 is 5.78 Å². The Morgan fingerprint density at radius 3 is 2.93 bits per heavy atom. The molecule has 1 aliphatic carbocycles. The van der Waals surface area contributed by atoms with Crippen molar-refractivity contribution in [2.45, 2.75) is 19.8 Å². The molecule has 1 aromatic rings. The Labute approximate surface area is 83.4 Å². The minimum atomic E-state index is 0.107. The normalized spacial score (nSPS) is 21.1. The van der Waals surface area contributed by atoms with Gasteiger partial charge in [-0.3, -0.25) is 4.79 Å². The van der Waals surface area contributed by atoms with Crippen LogP contribution in [0.1, 0.15) is 28.2 Å². The molecule has 2 rings (SSSR count). The minimum absolute atomic E-state index is 0.107. The molecule has 14 heavy (non-hydrogen) atoms. The van der Waals surface area contributed by atoms with Crippen LogP contribution in [-0.4, -0.2) is 22.1 Å². The van der Waals surface area contributed by atoms with Gasteiger partial charge in [0.1, 0.15) is 0 Å². The number of nitrogens with zero attached hydrogens (tertiary/aromatic N) is 1. The number of aromatic nitrogens is 1. The van der Waals surface area contributed by atoms with Gasteiger partial charge in [0.15, 0.2) is 5.78 Å². The third-order valence-corrected chi connectivity index (χ3v) is 3.11. The monoisotopic (exact) mass is 193 g/mol. The quantitative estimate of drug-likeness (QED) is 0.725. The fourth-order valence-corrected chi connectivity index (χ4v) is 2.12. The molecule has 76 valence electrons. The molecule has 0 aliphatic heterocycles. The highest BCUT2D eigenvalue weighted by molar-refractivity contribution is 5.98. The van der Waals surface area contributed by atoms with Gasteiger partial charge in [-0.1, -0.05) is 0 Å². The van der Waals surface area contributed by atoms with Gasteiger partial charge in [-0.2, -0.15) is 0 Å². The van der Waals surface area contributed by atoms with Crippen LogP contribution in [0.5, 0.6) is 0 Å². The van der Waals surface area contributed by atoms with E-state index >= 15 is 0 Å². The van der Waals surface area contributed by atoms with E-state index in [1.807, 2.05) is 20.0 Å². The molecule has 0 radical (unpaired) electrons. The number of Topliss-reactive ketones (excluding diaryl/α,β-unsaturated/α-hetero) is 1. The van der Waals surface area contributed by atoms with Gasteiger partial charge in [0.2, 0.25) is 0 Å². The summed E-state index contributed by atoms with van der Waals surface area (Å²) in [6.45, 7) is 2.11.